The maximum atomic E-state index is 12.2. The molecule has 1 fully saturated rings. The van der Waals surface area contributed by atoms with E-state index in [9.17, 15) is 4.79 Å². The quantitative estimate of drug-likeness (QED) is 0.558. The molecule has 0 spiro atoms. The summed E-state index contributed by atoms with van der Waals surface area (Å²) in [6, 6.07) is 14.2. The molecule has 1 heterocycles. The Morgan fingerprint density at radius 3 is 2.54 bits per heavy atom. The lowest BCUT2D eigenvalue weighted by Crippen LogP contribution is -2.14. The van der Waals surface area contributed by atoms with Crippen molar-refractivity contribution < 1.29 is 14.3 Å². The Bertz CT molecular complexity index is 969. The molecular formula is C23H26N2O3. The summed E-state index contributed by atoms with van der Waals surface area (Å²) in [7, 11) is 1.67. The molecule has 5 nitrogen and oxygen atoms in total. The Balaban J connectivity index is 1.84. The van der Waals surface area contributed by atoms with Gasteiger partial charge in [0.1, 0.15) is 11.6 Å². The van der Waals surface area contributed by atoms with Crippen LogP contribution >= 0.6 is 0 Å². The summed E-state index contributed by atoms with van der Waals surface area (Å²) in [5, 5.41) is 0. The monoisotopic (exact) mass is 378 g/mol. The molecule has 0 radical (unpaired) electrons. The molecule has 0 atom stereocenters. The molecule has 4 rings (SSSR count). The molecule has 5 heteroatoms. The van der Waals surface area contributed by atoms with Crippen LogP contribution in [-0.2, 0) is 4.74 Å². The van der Waals surface area contributed by atoms with E-state index in [1.807, 2.05) is 49.4 Å². The van der Waals surface area contributed by atoms with Crippen LogP contribution < -0.4 is 4.74 Å². The van der Waals surface area contributed by atoms with Crippen molar-refractivity contribution in [1.29, 1.82) is 0 Å². The number of aromatic nitrogens is 2. The van der Waals surface area contributed by atoms with Crippen LogP contribution in [0, 0.1) is 0 Å². The minimum absolute atomic E-state index is 0.303. The summed E-state index contributed by atoms with van der Waals surface area (Å²) in [6.07, 6.45) is 6.11. The van der Waals surface area contributed by atoms with E-state index in [2.05, 4.69) is 4.57 Å². The van der Waals surface area contributed by atoms with Gasteiger partial charge in [0, 0.05) is 11.6 Å². The molecule has 0 bridgehead atoms. The average molecular weight is 378 g/mol. The Hall–Kier alpha value is -2.82. The number of fused-ring (bicyclic) bond motifs is 1. The molecule has 0 N–H and O–H groups in total. The van der Waals surface area contributed by atoms with Gasteiger partial charge in [-0.15, -0.1) is 0 Å². The Kier molecular flexibility index (Phi) is 5.33. The minimum atomic E-state index is -0.303. The van der Waals surface area contributed by atoms with E-state index in [-0.39, 0.29) is 5.97 Å². The highest BCUT2D eigenvalue weighted by Gasteiger charge is 2.23. The third-order valence-electron chi connectivity index (χ3n) is 5.49. The second-order valence-electron chi connectivity index (χ2n) is 7.25. The van der Waals surface area contributed by atoms with Crippen molar-refractivity contribution in [1.82, 2.24) is 9.55 Å². The van der Waals surface area contributed by atoms with Crippen molar-refractivity contribution in [3.8, 4) is 17.1 Å². The predicted octanol–water partition coefficient (Wildman–Crippen LogP) is 5.39. The van der Waals surface area contributed by atoms with Gasteiger partial charge in [0.25, 0.3) is 0 Å². The van der Waals surface area contributed by atoms with Crippen molar-refractivity contribution in [2.45, 2.75) is 45.1 Å². The first kappa shape index (κ1) is 18.5. The fourth-order valence-corrected chi connectivity index (χ4v) is 4.09. The third kappa shape index (κ3) is 3.49. The van der Waals surface area contributed by atoms with Crippen LogP contribution in [0.25, 0.3) is 22.4 Å². The Morgan fingerprint density at radius 1 is 1.11 bits per heavy atom. The van der Waals surface area contributed by atoms with Crippen LogP contribution in [0.3, 0.4) is 0 Å². The van der Waals surface area contributed by atoms with E-state index in [1.165, 1.54) is 19.3 Å². The van der Waals surface area contributed by atoms with Crippen LogP contribution in [0.1, 0.15) is 55.4 Å². The molecule has 28 heavy (non-hydrogen) atoms. The average Bonchev–Trinajstić information content (AvgIpc) is 3.13. The summed E-state index contributed by atoms with van der Waals surface area (Å²) < 4.78 is 12.8. The van der Waals surface area contributed by atoms with Crippen LogP contribution in [0.15, 0.2) is 42.5 Å². The molecule has 2 aromatic carbocycles. The fraction of sp³-hybridized carbons (Fsp3) is 0.391. The molecule has 146 valence electrons. The zero-order chi connectivity index (χ0) is 19.5. The van der Waals surface area contributed by atoms with Crippen molar-refractivity contribution in [2.75, 3.05) is 13.7 Å². The molecular weight excluding hydrogens is 352 g/mol. The number of nitrogens with zero attached hydrogens (tertiary/aromatic N) is 2. The molecule has 0 amide bonds. The predicted molar refractivity (Wildman–Crippen MR) is 110 cm³/mol. The van der Waals surface area contributed by atoms with Gasteiger partial charge in [0.2, 0.25) is 0 Å². The van der Waals surface area contributed by atoms with Gasteiger partial charge in [-0.05, 0) is 62.2 Å². The molecule has 1 saturated carbocycles. The zero-order valence-corrected chi connectivity index (χ0v) is 16.5. The number of methoxy groups -OCH3 is 1. The van der Waals surface area contributed by atoms with Crippen LogP contribution in [0.2, 0.25) is 0 Å². The van der Waals surface area contributed by atoms with Crippen LogP contribution in [-0.4, -0.2) is 29.2 Å². The van der Waals surface area contributed by atoms with Gasteiger partial charge in [-0.3, -0.25) is 0 Å². The molecule has 0 aliphatic heterocycles. The number of benzene rings is 2. The number of esters is 1. The van der Waals surface area contributed by atoms with Crippen molar-refractivity contribution in [3.05, 3.63) is 48.0 Å². The summed E-state index contributed by atoms with van der Waals surface area (Å²) in [6.45, 7) is 2.18. The highest BCUT2D eigenvalue weighted by atomic mass is 16.5. The van der Waals surface area contributed by atoms with Gasteiger partial charge >= 0.3 is 5.97 Å². The van der Waals surface area contributed by atoms with Crippen molar-refractivity contribution >= 4 is 17.0 Å². The normalized spacial score (nSPS) is 14.9. The summed E-state index contributed by atoms with van der Waals surface area (Å²) >= 11 is 0. The Labute approximate surface area is 165 Å². The van der Waals surface area contributed by atoms with E-state index in [0.29, 0.717) is 18.2 Å². The highest BCUT2D eigenvalue weighted by Crippen LogP contribution is 2.36. The van der Waals surface area contributed by atoms with Crippen LogP contribution in [0.5, 0.6) is 5.75 Å². The number of imidazole rings is 1. The van der Waals surface area contributed by atoms with Gasteiger partial charge in [-0.2, -0.15) is 0 Å². The second-order valence-corrected chi connectivity index (χ2v) is 7.25. The minimum Gasteiger partial charge on any atom is -0.497 e. The van der Waals surface area contributed by atoms with E-state index >= 15 is 0 Å². The van der Waals surface area contributed by atoms with Gasteiger partial charge in [0.05, 0.1) is 30.3 Å². The van der Waals surface area contributed by atoms with E-state index in [4.69, 9.17) is 14.5 Å². The van der Waals surface area contributed by atoms with Crippen molar-refractivity contribution in [2.24, 2.45) is 0 Å². The first-order chi connectivity index (χ1) is 13.7. The molecule has 1 aliphatic carbocycles. The lowest BCUT2D eigenvalue weighted by atomic mass is 9.95. The third-order valence-corrected chi connectivity index (χ3v) is 5.49. The SMILES string of the molecule is CCOC(=O)c1ccc2c(c1)nc(-c1ccc(OC)cc1)n2C1CCCCC1. The molecule has 0 saturated heterocycles. The fourth-order valence-electron chi connectivity index (χ4n) is 4.09. The van der Waals surface area contributed by atoms with Crippen molar-refractivity contribution in [3.63, 3.8) is 0 Å². The summed E-state index contributed by atoms with van der Waals surface area (Å²) in [4.78, 5) is 17.1. The summed E-state index contributed by atoms with van der Waals surface area (Å²) in [5.74, 6) is 1.47. The van der Waals surface area contributed by atoms with E-state index in [0.717, 1.165) is 41.0 Å². The molecule has 1 aliphatic rings. The summed E-state index contributed by atoms with van der Waals surface area (Å²) in [5.41, 5.74) is 3.51. The number of carbonyl (C=O) groups excluding carboxylic acids is 1. The van der Waals surface area contributed by atoms with Gasteiger partial charge in [-0.1, -0.05) is 19.3 Å². The van der Waals surface area contributed by atoms with E-state index < -0.39 is 0 Å². The first-order valence-electron chi connectivity index (χ1n) is 10.0. The highest BCUT2D eigenvalue weighted by molar-refractivity contribution is 5.94. The number of carbonyl (C=O) groups is 1. The molecule has 0 unspecified atom stereocenters. The standard InChI is InChI=1S/C23H26N2O3/c1-3-28-23(26)17-11-14-21-20(15-17)24-22(16-9-12-19(27-2)13-10-16)25(21)18-7-5-4-6-8-18/h9-15,18H,3-8H2,1-2H3. The number of hydrogen-bond donors (Lipinski definition) is 0. The topological polar surface area (TPSA) is 53.4 Å². The molecule has 3 aromatic rings. The molecule has 1 aromatic heterocycles. The smallest absolute Gasteiger partial charge is 0.338 e. The maximum absolute atomic E-state index is 12.2. The number of rotatable bonds is 5. The van der Waals surface area contributed by atoms with Gasteiger partial charge in [0.15, 0.2) is 0 Å². The zero-order valence-electron chi connectivity index (χ0n) is 16.5. The Morgan fingerprint density at radius 2 is 1.86 bits per heavy atom. The van der Waals surface area contributed by atoms with Gasteiger partial charge < -0.3 is 14.0 Å². The lowest BCUT2D eigenvalue weighted by Gasteiger charge is -2.25. The number of ether oxygens (including phenoxy) is 2. The lowest BCUT2D eigenvalue weighted by molar-refractivity contribution is 0.0526. The number of hydrogen-bond acceptors (Lipinski definition) is 4. The van der Waals surface area contributed by atoms with E-state index in [1.54, 1.807) is 7.11 Å². The van der Waals surface area contributed by atoms with Gasteiger partial charge in [-0.25, -0.2) is 9.78 Å². The maximum Gasteiger partial charge on any atom is 0.338 e. The first-order valence-corrected chi connectivity index (χ1v) is 10.0. The van der Waals surface area contributed by atoms with Crippen LogP contribution in [0.4, 0.5) is 0 Å². The second kappa shape index (κ2) is 8.05. The largest absolute Gasteiger partial charge is 0.497 e.